The van der Waals surface area contributed by atoms with E-state index in [1.54, 1.807) is 0 Å². The van der Waals surface area contributed by atoms with E-state index in [0.29, 0.717) is 0 Å². The Hall–Kier alpha value is 0.0274. The van der Waals surface area contributed by atoms with E-state index in [1.165, 1.54) is 180 Å². The van der Waals surface area contributed by atoms with E-state index in [9.17, 15) is 9.90 Å². The van der Waals surface area contributed by atoms with Gasteiger partial charge in [-0.25, -0.2) is 0 Å². The SMILES string of the molecule is CCCCCCCCCCCCCCCN(CCCCCCCCCCCCCCC)CCCCC(=O)[O-].[Li+]. The van der Waals surface area contributed by atoms with Crippen LogP contribution >= 0.6 is 0 Å². The Balaban J connectivity index is 0. The van der Waals surface area contributed by atoms with Crippen LogP contribution in [0.2, 0.25) is 0 Å². The molecule has 228 valence electrons. The van der Waals surface area contributed by atoms with Gasteiger partial charge in [0.25, 0.3) is 0 Å². The fourth-order valence-electron chi connectivity index (χ4n) is 5.65. The fraction of sp³-hybridized carbons (Fsp3) is 0.971. The van der Waals surface area contributed by atoms with E-state index < -0.39 is 5.97 Å². The molecule has 0 saturated heterocycles. The maximum Gasteiger partial charge on any atom is 1.00 e. The van der Waals surface area contributed by atoms with E-state index in [4.69, 9.17) is 0 Å². The third-order valence-corrected chi connectivity index (χ3v) is 8.26. The largest absolute Gasteiger partial charge is 1.00 e. The van der Waals surface area contributed by atoms with Crippen LogP contribution < -0.4 is 24.0 Å². The molecule has 0 aliphatic carbocycles. The molecule has 39 heavy (non-hydrogen) atoms. The number of hydrogen-bond donors (Lipinski definition) is 0. The maximum atomic E-state index is 10.7. The molecule has 0 heterocycles. The molecule has 0 aliphatic rings. The molecule has 4 heteroatoms. The molecule has 0 N–H and O–H groups in total. The third-order valence-electron chi connectivity index (χ3n) is 8.26. The Morgan fingerprint density at radius 3 is 0.897 bits per heavy atom. The molecule has 0 bridgehead atoms. The summed E-state index contributed by atoms with van der Waals surface area (Å²) in [7, 11) is 0. The summed E-state index contributed by atoms with van der Waals surface area (Å²) < 4.78 is 0. The van der Waals surface area contributed by atoms with Crippen molar-refractivity contribution in [1.82, 2.24) is 4.90 Å². The third kappa shape index (κ3) is 36.0. The van der Waals surface area contributed by atoms with Gasteiger partial charge < -0.3 is 14.8 Å². The summed E-state index contributed by atoms with van der Waals surface area (Å²) in [5.41, 5.74) is 0. The molecule has 0 aromatic rings. The van der Waals surface area contributed by atoms with Crippen molar-refractivity contribution >= 4 is 5.97 Å². The van der Waals surface area contributed by atoms with Gasteiger partial charge in [0.15, 0.2) is 0 Å². The van der Waals surface area contributed by atoms with E-state index in [0.717, 1.165) is 19.4 Å². The van der Waals surface area contributed by atoms with Gasteiger partial charge in [-0.05, 0) is 51.7 Å². The molecule has 0 fully saturated rings. The second kappa shape index (κ2) is 36.1. The maximum absolute atomic E-state index is 10.7. The molecule has 0 amide bonds. The first-order valence-electron chi connectivity index (χ1n) is 17.6. The predicted octanol–water partition coefficient (Wildman–Crippen LogP) is 7.40. The Morgan fingerprint density at radius 2 is 0.641 bits per heavy atom. The van der Waals surface area contributed by atoms with Crippen LogP contribution in [0.5, 0.6) is 0 Å². The monoisotopic (exact) mass is 544 g/mol. The summed E-state index contributed by atoms with van der Waals surface area (Å²) in [5.74, 6) is -0.899. The fourth-order valence-corrected chi connectivity index (χ4v) is 5.65. The molecule has 0 saturated carbocycles. The Morgan fingerprint density at radius 1 is 0.410 bits per heavy atom. The van der Waals surface area contributed by atoms with Gasteiger partial charge in [-0.3, -0.25) is 0 Å². The molecule has 0 radical (unpaired) electrons. The molecule has 0 aromatic carbocycles. The van der Waals surface area contributed by atoms with Crippen molar-refractivity contribution in [3.05, 3.63) is 0 Å². The molecule has 0 atom stereocenters. The molecule has 0 spiro atoms. The van der Waals surface area contributed by atoms with Gasteiger partial charge in [0.1, 0.15) is 0 Å². The number of unbranched alkanes of at least 4 members (excludes halogenated alkanes) is 25. The quantitative estimate of drug-likeness (QED) is 0.0640. The van der Waals surface area contributed by atoms with Crippen molar-refractivity contribution in [1.29, 1.82) is 0 Å². The number of nitrogens with zero attached hydrogens (tertiary/aromatic N) is 1. The molecule has 0 unspecified atom stereocenters. The van der Waals surface area contributed by atoms with Gasteiger partial charge in [-0.15, -0.1) is 0 Å². The van der Waals surface area contributed by atoms with Crippen molar-refractivity contribution in [2.24, 2.45) is 0 Å². The number of hydrogen-bond acceptors (Lipinski definition) is 3. The van der Waals surface area contributed by atoms with E-state index in [1.807, 2.05) is 0 Å². The minimum atomic E-state index is -0.899. The molecule has 0 aromatic heterocycles. The van der Waals surface area contributed by atoms with Crippen molar-refractivity contribution < 1.29 is 28.8 Å². The Bertz CT molecular complexity index is 430. The van der Waals surface area contributed by atoms with E-state index in [-0.39, 0.29) is 25.3 Å². The normalized spacial score (nSPS) is 11.3. The van der Waals surface area contributed by atoms with Crippen molar-refractivity contribution in [2.75, 3.05) is 19.6 Å². The van der Waals surface area contributed by atoms with E-state index >= 15 is 0 Å². The van der Waals surface area contributed by atoms with Crippen LogP contribution in [0, 0.1) is 0 Å². The van der Waals surface area contributed by atoms with Crippen LogP contribution in [-0.4, -0.2) is 30.5 Å². The van der Waals surface area contributed by atoms with Crippen molar-refractivity contribution in [2.45, 2.75) is 200 Å². The minimum absolute atomic E-state index is 0. The number of carboxylic acid groups (broad SMARTS) is 1. The zero-order chi connectivity index (χ0) is 27.8. The molecular formula is C35H70LiNO2. The summed E-state index contributed by atoms with van der Waals surface area (Å²) in [4.78, 5) is 13.4. The zero-order valence-corrected chi connectivity index (χ0v) is 27.4. The molecule has 3 nitrogen and oxygen atoms in total. The molecule has 0 rings (SSSR count). The number of aliphatic carboxylic acids is 1. The minimum Gasteiger partial charge on any atom is -0.550 e. The van der Waals surface area contributed by atoms with Crippen LogP contribution in [0.15, 0.2) is 0 Å². The Kier molecular flexibility index (Phi) is 38.1. The van der Waals surface area contributed by atoms with Gasteiger partial charge in [0, 0.05) is 5.97 Å². The van der Waals surface area contributed by atoms with Crippen LogP contribution in [0.25, 0.3) is 0 Å². The summed E-state index contributed by atoms with van der Waals surface area (Å²) in [6.07, 6.45) is 38.4. The number of carbonyl (C=O) groups is 1. The van der Waals surface area contributed by atoms with E-state index in [2.05, 4.69) is 18.7 Å². The van der Waals surface area contributed by atoms with Gasteiger partial charge >= 0.3 is 18.9 Å². The standard InChI is InChI=1S/C35H71NO2.Li/c1-3-5-7-9-11-13-15-17-19-21-23-25-28-32-36(34-30-27-31-35(37)38)33-29-26-24-22-20-18-16-14-12-10-8-6-4-2;/h3-34H2,1-2H3,(H,37,38);/q;+1/p-1. The van der Waals surface area contributed by atoms with Crippen LogP contribution in [0.4, 0.5) is 0 Å². The first-order valence-corrected chi connectivity index (χ1v) is 17.6. The molecular weight excluding hydrogens is 473 g/mol. The van der Waals surface area contributed by atoms with Crippen LogP contribution in [0.3, 0.4) is 0 Å². The van der Waals surface area contributed by atoms with Crippen LogP contribution in [0.1, 0.15) is 200 Å². The number of carbonyl (C=O) groups excluding carboxylic acids is 1. The van der Waals surface area contributed by atoms with Crippen molar-refractivity contribution in [3.63, 3.8) is 0 Å². The summed E-state index contributed by atoms with van der Waals surface area (Å²) >= 11 is 0. The van der Waals surface area contributed by atoms with Gasteiger partial charge in [0.05, 0.1) is 0 Å². The zero-order valence-electron chi connectivity index (χ0n) is 27.4. The van der Waals surface area contributed by atoms with Gasteiger partial charge in [-0.2, -0.15) is 0 Å². The number of rotatable bonds is 33. The number of carboxylic acids is 1. The summed E-state index contributed by atoms with van der Waals surface area (Å²) in [6.45, 7) is 8.03. The van der Waals surface area contributed by atoms with Gasteiger partial charge in [-0.1, -0.05) is 168 Å². The van der Waals surface area contributed by atoms with Crippen LogP contribution in [-0.2, 0) is 4.79 Å². The Labute approximate surface area is 258 Å². The smallest absolute Gasteiger partial charge is 0.550 e. The van der Waals surface area contributed by atoms with Gasteiger partial charge in [0.2, 0.25) is 0 Å². The average Bonchev–Trinajstić information content (AvgIpc) is 2.91. The topological polar surface area (TPSA) is 43.4 Å². The second-order valence-corrected chi connectivity index (χ2v) is 12.2. The molecule has 0 aliphatic heterocycles. The second-order valence-electron chi connectivity index (χ2n) is 12.2. The average molecular weight is 544 g/mol. The summed E-state index contributed by atoms with van der Waals surface area (Å²) in [5, 5.41) is 10.7. The first kappa shape index (κ1) is 41.2. The first-order chi connectivity index (χ1) is 18.7. The summed E-state index contributed by atoms with van der Waals surface area (Å²) in [6, 6.07) is 0. The van der Waals surface area contributed by atoms with Crippen molar-refractivity contribution in [3.8, 4) is 0 Å². The predicted molar refractivity (Wildman–Crippen MR) is 167 cm³/mol.